The Morgan fingerprint density at radius 3 is 2.35 bits per heavy atom. The van der Waals surface area contributed by atoms with Crippen LogP contribution in [0, 0.1) is 13.8 Å². The van der Waals surface area contributed by atoms with Crippen LogP contribution < -0.4 is 9.64 Å². The van der Waals surface area contributed by atoms with Gasteiger partial charge in [0.25, 0.3) is 0 Å². The monoisotopic (exact) mass is 438 g/mol. The van der Waals surface area contributed by atoms with Gasteiger partial charge >= 0.3 is 5.97 Å². The molecule has 0 unspecified atom stereocenters. The lowest BCUT2D eigenvalue weighted by Gasteiger charge is -2.18. The highest BCUT2D eigenvalue weighted by molar-refractivity contribution is 7.14. The summed E-state index contributed by atoms with van der Waals surface area (Å²) in [5, 5.41) is 2.32. The molecule has 0 saturated carbocycles. The highest BCUT2D eigenvalue weighted by atomic mass is 32.1. The van der Waals surface area contributed by atoms with Crippen molar-refractivity contribution in [3.05, 3.63) is 70.2 Å². The Morgan fingerprint density at radius 1 is 1.06 bits per heavy atom. The van der Waals surface area contributed by atoms with Gasteiger partial charge in [-0.25, -0.2) is 9.78 Å². The molecule has 0 fully saturated rings. The van der Waals surface area contributed by atoms with Crippen LogP contribution in [0.3, 0.4) is 0 Å². The largest absolute Gasteiger partial charge is 0.481 e. The maximum atomic E-state index is 12.2. The van der Waals surface area contributed by atoms with Gasteiger partial charge in [0.05, 0.1) is 11.4 Å². The van der Waals surface area contributed by atoms with Crippen molar-refractivity contribution in [3.8, 4) is 5.75 Å². The number of benzene rings is 2. The molecule has 0 spiro atoms. The molecule has 1 aromatic heterocycles. The molecule has 7 heteroatoms. The highest BCUT2D eigenvalue weighted by Gasteiger charge is 2.18. The number of nitrogens with zero attached hydrogens (tertiary/aromatic N) is 2. The van der Waals surface area contributed by atoms with E-state index in [4.69, 9.17) is 9.47 Å². The minimum Gasteiger partial charge on any atom is -0.481 e. The Kier molecular flexibility index (Phi) is 7.41. The van der Waals surface area contributed by atoms with E-state index in [2.05, 4.69) is 11.9 Å². The van der Waals surface area contributed by atoms with Gasteiger partial charge in [0, 0.05) is 12.3 Å². The molecule has 1 heterocycles. The first-order valence-electron chi connectivity index (χ1n) is 10.1. The molecule has 0 N–H and O–H groups in total. The van der Waals surface area contributed by atoms with Crippen LogP contribution in [0.25, 0.3) is 0 Å². The van der Waals surface area contributed by atoms with Crippen molar-refractivity contribution >= 4 is 34.0 Å². The molecule has 2 aromatic carbocycles. The second kappa shape index (κ2) is 10.2. The molecule has 6 nitrogen and oxygen atoms in total. The maximum Gasteiger partial charge on any atom is 0.344 e. The van der Waals surface area contributed by atoms with Crippen LogP contribution in [0.2, 0.25) is 0 Å². The number of aryl methyl sites for hydroxylation is 3. The summed E-state index contributed by atoms with van der Waals surface area (Å²) in [6, 6.07) is 13.6. The van der Waals surface area contributed by atoms with Gasteiger partial charge in [-0.1, -0.05) is 37.3 Å². The van der Waals surface area contributed by atoms with E-state index < -0.39 is 5.97 Å². The number of ether oxygens (including phenoxy) is 2. The number of hydrogen-bond acceptors (Lipinski definition) is 6. The fourth-order valence-electron chi connectivity index (χ4n) is 3.13. The van der Waals surface area contributed by atoms with Crippen LogP contribution in [0.15, 0.2) is 47.8 Å². The number of thiazole rings is 1. The van der Waals surface area contributed by atoms with Gasteiger partial charge in [0.15, 0.2) is 11.7 Å². The molecule has 31 heavy (non-hydrogen) atoms. The first-order valence-corrected chi connectivity index (χ1v) is 11.0. The molecule has 1 amide bonds. The molecule has 3 aromatic rings. The number of hydrogen-bond donors (Lipinski definition) is 0. The number of para-hydroxylation sites is 1. The van der Waals surface area contributed by atoms with E-state index in [1.54, 1.807) is 10.3 Å². The third kappa shape index (κ3) is 5.70. The van der Waals surface area contributed by atoms with E-state index in [0.717, 1.165) is 23.2 Å². The Bertz CT molecular complexity index is 1040. The van der Waals surface area contributed by atoms with Crippen molar-refractivity contribution in [2.24, 2.45) is 0 Å². The van der Waals surface area contributed by atoms with Crippen LogP contribution >= 0.6 is 11.3 Å². The lowest BCUT2D eigenvalue weighted by Crippen LogP contribution is -2.22. The molecule has 0 aliphatic rings. The highest BCUT2D eigenvalue weighted by Crippen LogP contribution is 2.29. The third-order valence-corrected chi connectivity index (χ3v) is 5.65. The van der Waals surface area contributed by atoms with Crippen molar-refractivity contribution in [1.29, 1.82) is 0 Å². The predicted molar refractivity (Wildman–Crippen MR) is 122 cm³/mol. The maximum absolute atomic E-state index is 12.2. The summed E-state index contributed by atoms with van der Waals surface area (Å²) < 4.78 is 10.9. The third-order valence-electron chi connectivity index (χ3n) is 4.77. The first-order chi connectivity index (χ1) is 14.9. The van der Waals surface area contributed by atoms with Gasteiger partial charge in [-0.2, -0.15) is 0 Å². The van der Waals surface area contributed by atoms with E-state index in [-0.39, 0.29) is 19.1 Å². The van der Waals surface area contributed by atoms with Gasteiger partial charge in [-0.15, -0.1) is 11.3 Å². The molecular weight excluding hydrogens is 412 g/mol. The molecule has 0 bridgehead atoms. The fourth-order valence-corrected chi connectivity index (χ4v) is 4.00. The van der Waals surface area contributed by atoms with Crippen LogP contribution in [0.4, 0.5) is 10.8 Å². The topological polar surface area (TPSA) is 68.7 Å². The van der Waals surface area contributed by atoms with E-state index in [0.29, 0.717) is 16.6 Å². The van der Waals surface area contributed by atoms with Crippen molar-refractivity contribution in [3.63, 3.8) is 0 Å². The summed E-state index contributed by atoms with van der Waals surface area (Å²) in [5.41, 5.74) is 4.46. The van der Waals surface area contributed by atoms with E-state index in [1.807, 2.05) is 56.3 Å². The van der Waals surface area contributed by atoms with Crippen molar-refractivity contribution in [2.75, 3.05) is 11.5 Å². The molecule has 0 radical (unpaired) electrons. The van der Waals surface area contributed by atoms with E-state index in [1.165, 1.54) is 23.8 Å². The predicted octanol–water partition coefficient (Wildman–Crippen LogP) is 5.13. The van der Waals surface area contributed by atoms with Crippen LogP contribution in [0.5, 0.6) is 5.75 Å². The number of anilines is 2. The molecule has 3 rings (SSSR count). The van der Waals surface area contributed by atoms with Gasteiger partial charge in [0.1, 0.15) is 12.4 Å². The number of amides is 1. The number of rotatable bonds is 8. The normalized spacial score (nSPS) is 10.6. The van der Waals surface area contributed by atoms with E-state index in [9.17, 15) is 9.59 Å². The molecule has 162 valence electrons. The SMILES string of the molecule is CCc1ccc(N(C(C)=O)c2nc(COC(=O)COc3c(C)cccc3C)cs2)cc1. The van der Waals surface area contributed by atoms with Crippen molar-refractivity contribution in [1.82, 2.24) is 4.98 Å². The number of aromatic nitrogens is 1. The molecular formula is C24H26N2O4S. The second-order valence-electron chi connectivity index (χ2n) is 7.17. The quantitative estimate of drug-likeness (QED) is 0.456. The van der Waals surface area contributed by atoms with E-state index >= 15 is 0 Å². The Balaban J connectivity index is 1.60. The average molecular weight is 439 g/mol. The van der Waals surface area contributed by atoms with Crippen LogP contribution in [-0.4, -0.2) is 23.5 Å². The summed E-state index contributed by atoms with van der Waals surface area (Å²) >= 11 is 1.33. The molecule has 0 atom stereocenters. The molecule has 0 aliphatic heterocycles. The zero-order valence-corrected chi connectivity index (χ0v) is 19.0. The Morgan fingerprint density at radius 2 is 1.74 bits per heavy atom. The van der Waals surface area contributed by atoms with Gasteiger partial charge in [-0.3, -0.25) is 9.69 Å². The lowest BCUT2D eigenvalue weighted by molar-refractivity contribution is -0.147. The smallest absolute Gasteiger partial charge is 0.344 e. The van der Waals surface area contributed by atoms with Crippen LogP contribution in [0.1, 0.15) is 36.2 Å². The van der Waals surface area contributed by atoms with Gasteiger partial charge in [0.2, 0.25) is 5.91 Å². The number of carbonyl (C=O) groups is 2. The Hall–Kier alpha value is -3.19. The molecule has 0 aliphatic carbocycles. The zero-order valence-electron chi connectivity index (χ0n) is 18.2. The number of esters is 1. The summed E-state index contributed by atoms with van der Waals surface area (Å²) in [4.78, 5) is 30.4. The van der Waals surface area contributed by atoms with Gasteiger partial charge < -0.3 is 9.47 Å². The first kappa shape index (κ1) is 22.5. The fraction of sp³-hybridized carbons (Fsp3) is 0.292. The van der Waals surface area contributed by atoms with Crippen LogP contribution in [-0.2, 0) is 27.4 Å². The minimum absolute atomic E-state index is 0.0198. The van der Waals surface area contributed by atoms with Crippen molar-refractivity contribution < 1.29 is 19.1 Å². The summed E-state index contributed by atoms with van der Waals surface area (Å²) in [5.74, 6) is 0.0847. The standard InChI is InChI=1S/C24H26N2O4S/c1-5-19-9-11-21(12-10-19)26(18(4)27)24-25-20(15-31-24)13-29-22(28)14-30-23-16(2)7-6-8-17(23)3/h6-12,15H,5,13-14H2,1-4H3. The minimum atomic E-state index is -0.476. The second-order valence-corrected chi connectivity index (χ2v) is 8.00. The zero-order chi connectivity index (χ0) is 22.4. The molecule has 0 saturated heterocycles. The lowest BCUT2D eigenvalue weighted by atomic mass is 10.1. The number of carbonyl (C=O) groups excluding carboxylic acids is 2. The summed E-state index contributed by atoms with van der Waals surface area (Å²) in [6.07, 6.45) is 0.931. The summed E-state index contributed by atoms with van der Waals surface area (Å²) in [6.45, 7) is 7.29. The average Bonchev–Trinajstić information content (AvgIpc) is 3.20. The Labute approximate surface area is 186 Å². The summed E-state index contributed by atoms with van der Waals surface area (Å²) in [7, 11) is 0. The van der Waals surface area contributed by atoms with Crippen molar-refractivity contribution in [2.45, 2.75) is 40.7 Å². The van der Waals surface area contributed by atoms with Gasteiger partial charge in [-0.05, 0) is 49.1 Å².